The Morgan fingerprint density at radius 2 is 0.672 bits per heavy atom. The van der Waals surface area contributed by atoms with Gasteiger partial charge in [0.2, 0.25) is 0 Å². The Labute approximate surface area is 830 Å². The van der Waals surface area contributed by atoms with Gasteiger partial charge >= 0.3 is 0 Å². The van der Waals surface area contributed by atoms with E-state index in [1.165, 1.54) is 160 Å². The lowest BCUT2D eigenvalue weighted by Crippen LogP contribution is -2.60. The summed E-state index contributed by atoms with van der Waals surface area (Å²) in [6.07, 6.45) is 50.4. The van der Waals surface area contributed by atoms with E-state index in [9.17, 15) is 19.2 Å². The van der Waals surface area contributed by atoms with Crippen LogP contribution in [0.25, 0.3) is 11.4 Å². The molecular formula is C110H128Cl8N12O4. The molecule has 9 fully saturated rings. The Morgan fingerprint density at radius 3 is 1.07 bits per heavy atom. The summed E-state index contributed by atoms with van der Waals surface area (Å²) in [5.41, 5.74) is 18.3. The van der Waals surface area contributed by atoms with Crippen LogP contribution >= 0.6 is 92.8 Å². The van der Waals surface area contributed by atoms with Crippen molar-refractivity contribution >= 4 is 116 Å². The molecule has 0 saturated heterocycles. The van der Waals surface area contributed by atoms with Gasteiger partial charge in [0.15, 0.2) is 22.8 Å². The van der Waals surface area contributed by atoms with Gasteiger partial charge in [-0.3, -0.25) is 28.5 Å². The SMILES string of the molecule is O=C(NC12CC3CC(CC(C3)C1)C2)c1nn(-c2ccc(Cl)cc2Cl)c2c1CCCCC2Cc1cccc(Cl)c1.O=C(NC1CCC1)c1nn(-c2ccc(Cl)cc2Cl)c2c1CCCCC2Cc1ccc(Cl)cc1.O=C(NC1CCC1)c1nn(C2CCCCC2)c2c1CCCCC2Cc1cccc(Cl)c1.O=C(NC1CCC1)c1nn(C2CCCCC2)c2c1CCCCC2Cc1ccccc1Cl. The zero-order valence-corrected chi connectivity index (χ0v) is 83.2. The predicted octanol–water partition coefficient (Wildman–Crippen LogP) is 28.5. The topological polar surface area (TPSA) is 188 Å². The number of nitrogens with zero attached hydrogens (tertiary/aromatic N) is 8. The molecule has 6 aromatic carbocycles. The van der Waals surface area contributed by atoms with E-state index < -0.39 is 0 Å². The minimum Gasteiger partial charge on any atom is -0.348 e. The quantitative estimate of drug-likeness (QED) is 0.0543. The Hall–Kier alpha value is -7.64. The van der Waals surface area contributed by atoms with Crippen LogP contribution in [0.5, 0.6) is 0 Å². The zero-order valence-electron chi connectivity index (χ0n) is 77.2. The summed E-state index contributed by atoms with van der Waals surface area (Å²) in [4.78, 5) is 53.9. The second-order valence-electron chi connectivity index (χ2n) is 41.4. The number of carbonyl (C=O) groups excluding carboxylic acids is 4. The van der Waals surface area contributed by atoms with Crippen molar-refractivity contribution in [3.05, 3.63) is 264 Å². The average Bonchev–Trinajstić information content (AvgIpc) is 1.56. The average molecular weight is 1970 g/mol. The number of carbonyl (C=O) groups is 4. The number of amides is 4. The molecule has 23 rings (SSSR count). The van der Waals surface area contributed by atoms with Crippen molar-refractivity contribution in [2.75, 3.05) is 0 Å². The van der Waals surface area contributed by atoms with Crippen LogP contribution in [0.3, 0.4) is 0 Å². The summed E-state index contributed by atoms with van der Waals surface area (Å²) < 4.78 is 8.46. The van der Waals surface area contributed by atoms with Gasteiger partial charge in [-0.1, -0.05) is 212 Å². The van der Waals surface area contributed by atoms with Crippen LogP contribution in [-0.4, -0.2) is 86.4 Å². The van der Waals surface area contributed by atoms with Crippen LogP contribution in [0.2, 0.25) is 40.2 Å². The molecule has 4 heterocycles. The molecule has 708 valence electrons. The molecule has 4 N–H and O–H groups in total. The van der Waals surface area contributed by atoms with E-state index in [0.717, 1.165) is 245 Å². The van der Waals surface area contributed by atoms with Crippen molar-refractivity contribution in [2.24, 2.45) is 17.8 Å². The van der Waals surface area contributed by atoms with Crippen LogP contribution in [0, 0.1) is 17.8 Å². The maximum atomic E-state index is 14.1. The standard InChI is InChI=1S/C32H34Cl3N3O.C26H26Cl3N3O.2C26H34ClN3O/c33-24-6-3-4-19(14-24)13-23-5-1-2-7-26-29(37-38(30(23)26)28-9-8-25(34)15-27(28)35)31(39)36-32-16-20-10-21(17-32)12-22(11-20)18-32;27-18-10-8-16(9-11-18)14-17-4-1-2-7-21-24(26(33)30-20-5-3-6-20)31-32(25(17)21)23-13-12-19(28)15-22(23)29;27-23-16-7-5-9-18(23)17-19-10-4-6-15-22-24(26(31)28-20-11-8-12-20)29-30(25(19)22)21-13-2-1-3-14-21;27-20-10-6-8-18(17-20)16-19-9-4-5-15-23-24(26(31)28-21-11-7-12-21)29-30(25(19)23)22-13-2-1-3-14-22/h3-4,6,8-9,14-15,20-23H,1-2,5,7,10-13,16-18H2,(H,36,39);8-13,15,17,20H,1-7,14H2,(H,30,33);5,7,9,16,19-21H,1-4,6,8,10-15,17H2,(H,28,31);6,8,10,17,19,21-22H,1-5,7,9,11-16H2,(H,28,31). The van der Waals surface area contributed by atoms with Gasteiger partial charge in [0.05, 0.1) is 44.9 Å². The fourth-order valence-corrected chi connectivity index (χ4v) is 26.8. The molecule has 24 heteroatoms. The van der Waals surface area contributed by atoms with Crippen molar-refractivity contribution in [1.29, 1.82) is 0 Å². The first-order valence-electron chi connectivity index (χ1n) is 50.8. The van der Waals surface area contributed by atoms with E-state index in [1.54, 1.807) is 12.1 Å². The summed E-state index contributed by atoms with van der Waals surface area (Å²) in [6.45, 7) is 0. The fraction of sp³-hybridized carbons (Fsp3) is 0.527. The second-order valence-corrected chi connectivity index (χ2v) is 44.8. The first kappa shape index (κ1) is 95.3. The predicted molar refractivity (Wildman–Crippen MR) is 541 cm³/mol. The molecule has 4 amide bonds. The highest BCUT2D eigenvalue weighted by molar-refractivity contribution is 6.36. The van der Waals surface area contributed by atoms with Crippen LogP contribution in [0.4, 0.5) is 0 Å². The fourth-order valence-electron chi connectivity index (χ4n) is 25.0. The third kappa shape index (κ3) is 22.0. The maximum absolute atomic E-state index is 14.1. The zero-order chi connectivity index (χ0) is 92.1. The van der Waals surface area contributed by atoms with Crippen molar-refractivity contribution in [1.82, 2.24) is 60.4 Å². The number of benzene rings is 6. The Balaban J connectivity index is 0.000000115. The van der Waals surface area contributed by atoms with E-state index in [2.05, 4.69) is 73.1 Å². The molecule has 4 atom stereocenters. The van der Waals surface area contributed by atoms with Crippen LogP contribution < -0.4 is 21.3 Å². The number of hydrogen-bond acceptors (Lipinski definition) is 8. The van der Waals surface area contributed by atoms with Gasteiger partial charge in [0.25, 0.3) is 23.6 Å². The summed E-state index contributed by atoms with van der Waals surface area (Å²) in [5.74, 6) is 3.49. The third-order valence-electron chi connectivity index (χ3n) is 31.9. The summed E-state index contributed by atoms with van der Waals surface area (Å²) in [7, 11) is 0. The lowest BCUT2D eigenvalue weighted by Gasteiger charge is -2.56. The van der Waals surface area contributed by atoms with Gasteiger partial charge in [-0.05, 0) is 344 Å². The van der Waals surface area contributed by atoms with E-state index >= 15 is 0 Å². The van der Waals surface area contributed by atoms with Crippen molar-refractivity contribution in [3.8, 4) is 11.4 Å². The molecule has 0 spiro atoms. The maximum Gasteiger partial charge on any atom is 0.272 e. The molecule has 4 bridgehead atoms. The molecule has 4 unspecified atom stereocenters. The van der Waals surface area contributed by atoms with Gasteiger partial charge < -0.3 is 21.3 Å². The molecule has 13 aliphatic rings. The second kappa shape index (κ2) is 43.4. The highest BCUT2D eigenvalue weighted by Gasteiger charge is 2.52. The lowest BCUT2D eigenvalue weighted by molar-refractivity contribution is -0.0168. The molecule has 10 aromatic rings. The molecular weight excluding hydrogens is 1840 g/mol. The number of fused-ring (bicyclic) bond motifs is 4. The van der Waals surface area contributed by atoms with Crippen molar-refractivity contribution in [3.63, 3.8) is 0 Å². The van der Waals surface area contributed by atoms with E-state index in [1.807, 2.05) is 88.2 Å². The van der Waals surface area contributed by atoms with Crippen LogP contribution in [-0.2, 0) is 51.4 Å². The normalized spacial score (nSPS) is 23.4. The smallest absolute Gasteiger partial charge is 0.272 e. The van der Waals surface area contributed by atoms with Crippen molar-refractivity contribution in [2.45, 2.75) is 348 Å². The Bertz CT molecular complexity index is 5810. The number of hydrogen-bond donors (Lipinski definition) is 4. The first-order valence-corrected chi connectivity index (χ1v) is 53.9. The van der Waals surface area contributed by atoms with Gasteiger partial charge in [0, 0.05) is 111 Å². The number of halogens is 8. The van der Waals surface area contributed by atoms with E-state index in [0.29, 0.717) is 78.9 Å². The molecule has 0 aliphatic heterocycles. The summed E-state index contributed by atoms with van der Waals surface area (Å²) in [5, 5.41) is 38.6. The monoisotopic (exact) mass is 1960 g/mol. The number of aromatic nitrogens is 8. The van der Waals surface area contributed by atoms with Crippen LogP contribution in [0.1, 0.15) is 383 Å². The highest BCUT2D eigenvalue weighted by Crippen LogP contribution is 2.56. The van der Waals surface area contributed by atoms with E-state index in [-0.39, 0.29) is 47.0 Å². The Morgan fingerprint density at radius 1 is 0.313 bits per heavy atom. The van der Waals surface area contributed by atoms with Crippen molar-refractivity contribution < 1.29 is 19.2 Å². The van der Waals surface area contributed by atoms with Gasteiger partial charge in [-0.25, -0.2) is 9.36 Å². The molecule has 4 aromatic heterocycles. The van der Waals surface area contributed by atoms with Gasteiger partial charge in [-0.2, -0.15) is 20.4 Å². The largest absolute Gasteiger partial charge is 0.348 e. The van der Waals surface area contributed by atoms with Crippen LogP contribution in [0.15, 0.2) is 133 Å². The third-order valence-corrected chi connectivity index (χ3v) is 34.1. The minimum absolute atomic E-state index is 0.0135. The van der Waals surface area contributed by atoms with E-state index in [4.69, 9.17) is 113 Å². The minimum atomic E-state index is -0.0769. The lowest BCUT2D eigenvalue weighted by atomic mass is 9.53. The first-order chi connectivity index (χ1) is 65.2. The molecule has 16 nitrogen and oxygen atoms in total. The number of rotatable bonds is 20. The van der Waals surface area contributed by atoms with Gasteiger partial charge in [-0.15, -0.1) is 0 Å². The molecule has 13 aliphatic carbocycles. The molecule has 134 heavy (non-hydrogen) atoms. The molecule has 0 radical (unpaired) electrons. The summed E-state index contributed by atoms with van der Waals surface area (Å²) in [6, 6.07) is 45.3. The Kier molecular flexibility index (Phi) is 30.9. The van der Waals surface area contributed by atoms with Gasteiger partial charge in [0.1, 0.15) is 0 Å². The number of nitrogens with one attached hydrogen (secondary N) is 4. The highest BCUT2D eigenvalue weighted by atomic mass is 35.5. The molecule has 9 saturated carbocycles. The summed E-state index contributed by atoms with van der Waals surface area (Å²) >= 11 is 51.1.